The molecule has 0 spiro atoms. The molecule has 1 aliphatic heterocycles. The van der Waals surface area contributed by atoms with E-state index < -0.39 is 0 Å². The van der Waals surface area contributed by atoms with Gasteiger partial charge in [-0.15, -0.1) is 0 Å². The van der Waals surface area contributed by atoms with Gasteiger partial charge in [0, 0.05) is 32.6 Å². The van der Waals surface area contributed by atoms with E-state index in [1.807, 2.05) is 0 Å². The Hall–Kier alpha value is -5.08. The van der Waals surface area contributed by atoms with Crippen molar-refractivity contribution in [2.24, 2.45) is 0 Å². The second-order valence-corrected chi connectivity index (χ2v) is 11.8. The van der Waals surface area contributed by atoms with Crippen molar-refractivity contribution in [2.75, 3.05) is 0 Å². The summed E-state index contributed by atoms with van der Waals surface area (Å²) in [5.74, 6) is 0. The maximum Gasteiger partial charge on any atom is 0.0582 e. The average Bonchev–Trinajstić information content (AvgIpc) is 3.53. The third-order valence-corrected chi connectivity index (χ3v) is 9.28. The second kappa shape index (κ2) is 7.99. The van der Waals surface area contributed by atoms with Crippen molar-refractivity contribution >= 4 is 43.6 Å². The molecule has 41 heavy (non-hydrogen) atoms. The van der Waals surface area contributed by atoms with Gasteiger partial charge in [0.1, 0.15) is 0 Å². The molecule has 0 bridgehead atoms. The quantitative estimate of drug-likeness (QED) is 0.213. The molecule has 0 saturated carbocycles. The standard InChI is InChI=1S/C39H28N2/c1-39(2)32-16-8-11-19-37(32)41-36-21-20-27(40-34-17-9-6-14-28(34)29-15-7-10-18-35(29)40)24-30(36)31-22-26(23-33(39)38(31)41)25-12-4-3-5-13-25/h3-24H,1-2H3. The van der Waals surface area contributed by atoms with E-state index in [9.17, 15) is 0 Å². The lowest BCUT2D eigenvalue weighted by atomic mass is 9.74. The number of para-hydroxylation sites is 3. The Kier molecular flexibility index (Phi) is 4.42. The maximum atomic E-state index is 2.50. The van der Waals surface area contributed by atoms with Gasteiger partial charge < -0.3 is 9.13 Å². The van der Waals surface area contributed by atoms with Crippen LogP contribution in [0.25, 0.3) is 66.1 Å². The molecular weight excluding hydrogens is 496 g/mol. The van der Waals surface area contributed by atoms with Crippen LogP contribution in [0.2, 0.25) is 0 Å². The molecule has 1 aliphatic rings. The van der Waals surface area contributed by atoms with Gasteiger partial charge >= 0.3 is 0 Å². The number of rotatable bonds is 2. The topological polar surface area (TPSA) is 9.86 Å². The van der Waals surface area contributed by atoms with Crippen molar-refractivity contribution in [3.05, 3.63) is 145 Å². The highest BCUT2D eigenvalue weighted by Crippen LogP contribution is 2.49. The molecule has 8 aromatic rings. The Balaban J connectivity index is 1.44. The molecule has 2 aromatic heterocycles. The molecule has 2 heteroatoms. The normalized spacial score (nSPS) is 13.8. The molecule has 3 heterocycles. The van der Waals surface area contributed by atoms with Crippen molar-refractivity contribution in [1.82, 2.24) is 9.13 Å². The summed E-state index contributed by atoms with van der Waals surface area (Å²) in [5.41, 5.74) is 12.6. The lowest BCUT2D eigenvalue weighted by Gasteiger charge is -2.35. The van der Waals surface area contributed by atoms with Gasteiger partial charge in [-0.05, 0) is 70.8 Å². The number of aromatic nitrogens is 2. The Labute approximate surface area is 238 Å². The molecule has 0 saturated heterocycles. The van der Waals surface area contributed by atoms with Gasteiger partial charge in [0.15, 0.2) is 0 Å². The van der Waals surface area contributed by atoms with Crippen molar-refractivity contribution < 1.29 is 0 Å². The van der Waals surface area contributed by atoms with E-state index in [0.717, 1.165) is 0 Å². The van der Waals surface area contributed by atoms with Crippen LogP contribution in [0.3, 0.4) is 0 Å². The Morgan fingerprint density at radius 3 is 1.83 bits per heavy atom. The first-order chi connectivity index (χ1) is 20.1. The van der Waals surface area contributed by atoms with Gasteiger partial charge in [-0.25, -0.2) is 0 Å². The Morgan fingerprint density at radius 2 is 1.07 bits per heavy atom. The van der Waals surface area contributed by atoms with E-state index in [2.05, 4.69) is 156 Å². The highest BCUT2D eigenvalue weighted by atomic mass is 15.0. The number of fused-ring (bicyclic) bond motifs is 8. The summed E-state index contributed by atoms with van der Waals surface area (Å²) >= 11 is 0. The fourth-order valence-corrected chi connectivity index (χ4v) is 7.34. The molecule has 2 nitrogen and oxygen atoms in total. The minimum absolute atomic E-state index is 0.125. The van der Waals surface area contributed by atoms with Crippen LogP contribution in [0.1, 0.15) is 25.0 Å². The highest BCUT2D eigenvalue weighted by molar-refractivity contribution is 6.14. The molecule has 194 valence electrons. The van der Waals surface area contributed by atoms with Gasteiger partial charge in [0.05, 0.1) is 27.8 Å². The van der Waals surface area contributed by atoms with Crippen molar-refractivity contribution in [3.63, 3.8) is 0 Å². The number of nitrogens with zero attached hydrogens (tertiary/aromatic N) is 2. The summed E-state index contributed by atoms with van der Waals surface area (Å²) in [7, 11) is 0. The molecular formula is C39H28N2. The summed E-state index contributed by atoms with van der Waals surface area (Å²) < 4.78 is 4.93. The van der Waals surface area contributed by atoms with Gasteiger partial charge in [-0.1, -0.05) is 98.8 Å². The van der Waals surface area contributed by atoms with Crippen molar-refractivity contribution in [2.45, 2.75) is 19.3 Å². The molecule has 0 N–H and O–H groups in total. The van der Waals surface area contributed by atoms with Crippen LogP contribution >= 0.6 is 0 Å². The van der Waals surface area contributed by atoms with E-state index in [0.29, 0.717) is 0 Å². The fraction of sp³-hybridized carbons (Fsp3) is 0.0769. The van der Waals surface area contributed by atoms with E-state index >= 15 is 0 Å². The number of hydrogen-bond donors (Lipinski definition) is 0. The first-order valence-corrected chi connectivity index (χ1v) is 14.4. The fourth-order valence-electron chi connectivity index (χ4n) is 7.34. The zero-order chi connectivity index (χ0) is 27.3. The van der Waals surface area contributed by atoms with Crippen molar-refractivity contribution in [1.29, 1.82) is 0 Å². The highest BCUT2D eigenvalue weighted by Gasteiger charge is 2.35. The second-order valence-electron chi connectivity index (χ2n) is 11.8. The summed E-state index contributed by atoms with van der Waals surface area (Å²) in [6.45, 7) is 4.75. The summed E-state index contributed by atoms with van der Waals surface area (Å²) in [6, 6.07) is 49.1. The Morgan fingerprint density at radius 1 is 0.439 bits per heavy atom. The zero-order valence-corrected chi connectivity index (χ0v) is 23.1. The van der Waals surface area contributed by atoms with E-state index in [-0.39, 0.29) is 5.41 Å². The van der Waals surface area contributed by atoms with Gasteiger partial charge in [-0.2, -0.15) is 0 Å². The van der Waals surface area contributed by atoms with Gasteiger partial charge in [0.25, 0.3) is 0 Å². The lowest BCUT2D eigenvalue weighted by molar-refractivity contribution is 0.630. The lowest BCUT2D eigenvalue weighted by Crippen LogP contribution is -2.26. The van der Waals surface area contributed by atoms with E-state index in [1.54, 1.807) is 0 Å². The molecule has 0 aliphatic carbocycles. The predicted octanol–water partition coefficient (Wildman–Crippen LogP) is 10.2. The van der Waals surface area contributed by atoms with Crippen LogP contribution in [-0.2, 0) is 5.41 Å². The van der Waals surface area contributed by atoms with Crippen LogP contribution in [0, 0.1) is 0 Å². The number of hydrogen-bond acceptors (Lipinski definition) is 0. The molecule has 0 unspecified atom stereocenters. The van der Waals surface area contributed by atoms with Crippen LogP contribution in [-0.4, -0.2) is 9.13 Å². The Bertz CT molecular complexity index is 2280. The minimum Gasteiger partial charge on any atom is -0.309 e. The smallest absolute Gasteiger partial charge is 0.0582 e. The van der Waals surface area contributed by atoms with Gasteiger partial charge in [-0.3, -0.25) is 0 Å². The first-order valence-electron chi connectivity index (χ1n) is 14.4. The third-order valence-electron chi connectivity index (χ3n) is 9.28. The van der Waals surface area contributed by atoms with E-state index in [1.165, 1.54) is 77.2 Å². The summed E-state index contributed by atoms with van der Waals surface area (Å²) in [4.78, 5) is 0. The summed E-state index contributed by atoms with van der Waals surface area (Å²) in [6.07, 6.45) is 0. The third kappa shape index (κ3) is 2.97. The molecule has 0 fully saturated rings. The zero-order valence-electron chi connectivity index (χ0n) is 23.1. The molecule has 0 amide bonds. The van der Waals surface area contributed by atoms with E-state index in [4.69, 9.17) is 0 Å². The molecule has 0 atom stereocenters. The van der Waals surface area contributed by atoms with Crippen LogP contribution in [0.5, 0.6) is 0 Å². The van der Waals surface area contributed by atoms with Crippen molar-refractivity contribution in [3.8, 4) is 22.5 Å². The molecule has 6 aromatic carbocycles. The minimum atomic E-state index is -0.125. The number of benzene rings is 6. The SMILES string of the molecule is CC1(C)c2ccccc2-n2c3ccc(-n4c5ccccc5c5ccccc54)cc3c3cc(-c4ccccc4)cc1c32. The largest absolute Gasteiger partial charge is 0.309 e. The average molecular weight is 525 g/mol. The summed E-state index contributed by atoms with van der Waals surface area (Å²) in [5, 5.41) is 5.16. The molecule has 0 radical (unpaired) electrons. The van der Waals surface area contributed by atoms with Gasteiger partial charge in [0.2, 0.25) is 0 Å². The van der Waals surface area contributed by atoms with Crippen LogP contribution in [0.4, 0.5) is 0 Å². The van der Waals surface area contributed by atoms with Crippen LogP contribution in [0.15, 0.2) is 133 Å². The first kappa shape index (κ1) is 22.7. The van der Waals surface area contributed by atoms with Crippen LogP contribution < -0.4 is 0 Å². The monoisotopic (exact) mass is 524 g/mol. The molecule has 9 rings (SSSR count). The predicted molar refractivity (Wildman–Crippen MR) is 173 cm³/mol. The maximum absolute atomic E-state index is 2.50.